The molecular weight excluding hydrogens is 353 g/mol. The molecule has 0 aromatic rings. The lowest BCUT2D eigenvalue weighted by Crippen LogP contribution is -2.52. The molecule has 0 spiro atoms. The molecule has 0 aromatic carbocycles. The van der Waals surface area contributed by atoms with Gasteiger partial charge in [-0.05, 0) is 12.8 Å². The van der Waals surface area contributed by atoms with Crippen LogP contribution in [0.4, 0.5) is 18.0 Å². The number of hydrogen-bond donors (Lipinski definition) is 2. The molecule has 0 aliphatic carbocycles. The molecule has 1 heterocycles. The minimum Gasteiger partial charge on any atom is -0.372 e. The van der Waals surface area contributed by atoms with Gasteiger partial charge in [-0.3, -0.25) is 9.69 Å². The Bertz CT molecular complexity index is 427. The van der Waals surface area contributed by atoms with Crippen LogP contribution in [0.25, 0.3) is 0 Å². The highest BCUT2D eigenvalue weighted by atomic mass is 19.4. The molecular formula is C16H29F3N4O3. The van der Waals surface area contributed by atoms with Crippen molar-refractivity contribution in [3.8, 4) is 0 Å². The summed E-state index contributed by atoms with van der Waals surface area (Å²) in [7, 11) is 0. The van der Waals surface area contributed by atoms with E-state index in [1.807, 2.05) is 6.92 Å². The Labute approximate surface area is 152 Å². The second-order valence-corrected chi connectivity index (χ2v) is 6.18. The Balaban J connectivity index is 2.07. The van der Waals surface area contributed by atoms with E-state index in [4.69, 9.17) is 0 Å². The van der Waals surface area contributed by atoms with Crippen LogP contribution in [0.15, 0.2) is 0 Å². The van der Waals surface area contributed by atoms with E-state index in [-0.39, 0.29) is 25.0 Å². The maximum absolute atomic E-state index is 12.0. The standard InChI is InChI=1S/C16H29F3N4O3/c1-2-5-20-14(24)4-6-21-15(25)23-10-8-22(9-11-23)7-3-12-26-13-16(17,18)19/h2-13H2,1H3,(H,20,24)(H,21,25). The maximum atomic E-state index is 12.0. The molecule has 26 heavy (non-hydrogen) atoms. The van der Waals surface area contributed by atoms with E-state index in [9.17, 15) is 22.8 Å². The van der Waals surface area contributed by atoms with E-state index in [1.54, 1.807) is 4.90 Å². The highest BCUT2D eigenvalue weighted by molar-refractivity contribution is 5.78. The number of amides is 3. The van der Waals surface area contributed by atoms with E-state index in [2.05, 4.69) is 20.3 Å². The van der Waals surface area contributed by atoms with Crippen LogP contribution in [0.3, 0.4) is 0 Å². The number of hydrogen-bond acceptors (Lipinski definition) is 4. The number of nitrogens with one attached hydrogen (secondary N) is 2. The lowest BCUT2D eigenvalue weighted by atomic mass is 10.3. The molecule has 10 heteroatoms. The first-order chi connectivity index (χ1) is 12.3. The van der Waals surface area contributed by atoms with Crippen LogP contribution in [0.5, 0.6) is 0 Å². The fraction of sp³-hybridized carbons (Fsp3) is 0.875. The fourth-order valence-electron chi connectivity index (χ4n) is 2.50. The quantitative estimate of drug-likeness (QED) is 0.557. The molecule has 152 valence electrons. The third-order valence-electron chi connectivity index (χ3n) is 3.89. The summed E-state index contributed by atoms with van der Waals surface area (Å²) >= 11 is 0. The van der Waals surface area contributed by atoms with Crippen LogP contribution in [-0.2, 0) is 9.53 Å². The van der Waals surface area contributed by atoms with Crippen LogP contribution in [-0.4, -0.2) is 86.9 Å². The Kier molecular flexibility index (Phi) is 10.3. The van der Waals surface area contributed by atoms with Crippen molar-refractivity contribution in [2.75, 3.05) is 59.0 Å². The molecule has 3 amide bonds. The summed E-state index contributed by atoms with van der Waals surface area (Å²) in [6.07, 6.45) is -2.63. The third-order valence-corrected chi connectivity index (χ3v) is 3.89. The normalized spacial score (nSPS) is 15.8. The van der Waals surface area contributed by atoms with Crippen LogP contribution in [0, 0.1) is 0 Å². The van der Waals surface area contributed by atoms with E-state index in [0.29, 0.717) is 52.2 Å². The Hall–Kier alpha value is -1.55. The maximum Gasteiger partial charge on any atom is 0.411 e. The van der Waals surface area contributed by atoms with Gasteiger partial charge in [0.05, 0.1) is 0 Å². The van der Waals surface area contributed by atoms with Crippen molar-refractivity contribution in [2.45, 2.75) is 32.4 Å². The molecule has 1 aliphatic heterocycles. The molecule has 0 bridgehead atoms. The zero-order valence-electron chi connectivity index (χ0n) is 15.2. The molecule has 2 N–H and O–H groups in total. The predicted octanol–water partition coefficient (Wildman–Crippen LogP) is 1.20. The van der Waals surface area contributed by atoms with Gasteiger partial charge in [-0.2, -0.15) is 13.2 Å². The van der Waals surface area contributed by atoms with Crippen molar-refractivity contribution < 1.29 is 27.5 Å². The van der Waals surface area contributed by atoms with Crippen molar-refractivity contribution in [1.82, 2.24) is 20.4 Å². The monoisotopic (exact) mass is 382 g/mol. The second kappa shape index (κ2) is 11.9. The zero-order chi connectivity index (χ0) is 19.4. The molecule has 1 rings (SSSR count). The smallest absolute Gasteiger partial charge is 0.372 e. The van der Waals surface area contributed by atoms with Crippen LogP contribution >= 0.6 is 0 Å². The van der Waals surface area contributed by atoms with Gasteiger partial charge in [0.15, 0.2) is 0 Å². The summed E-state index contributed by atoms with van der Waals surface area (Å²) in [4.78, 5) is 27.3. The first-order valence-corrected chi connectivity index (χ1v) is 8.98. The topological polar surface area (TPSA) is 73.9 Å². The lowest BCUT2D eigenvalue weighted by molar-refractivity contribution is -0.174. The minimum absolute atomic E-state index is 0.0697. The summed E-state index contributed by atoms with van der Waals surface area (Å²) in [5.41, 5.74) is 0. The number of ether oxygens (including phenoxy) is 1. The Morgan fingerprint density at radius 3 is 2.38 bits per heavy atom. The van der Waals surface area contributed by atoms with Crippen molar-refractivity contribution in [3.05, 3.63) is 0 Å². The van der Waals surface area contributed by atoms with Gasteiger partial charge >= 0.3 is 12.2 Å². The number of piperazine rings is 1. The SMILES string of the molecule is CCCNC(=O)CCNC(=O)N1CCN(CCCOCC(F)(F)F)CC1. The molecule has 0 radical (unpaired) electrons. The van der Waals surface area contributed by atoms with Crippen LogP contribution in [0.1, 0.15) is 26.2 Å². The summed E-state index contributed by atoms with van der Waals surface area (Å²) in [6, 6.07) is -0.193. The summed E-state index contributed by atoms with van der Waals surface area (Å²) in [6.45, 7) is 4.85. The van der Waals surface area contributed by atoms with Gasteiger partial charge in [0, 0.05) is 58.8 Å². The largest absolute Gasteiger partial charge is 0.411 e. The molecule has 7 nitrogen and oxygen atoms in total. The average Bonchev–Trinajstić information content (AvgIpc) is 2.59. The number of halogens is 3. The van der Waals surface area contributed by atoms with Gasteiger partial charge in [0.25, 0.3) is 0 Å². The fourth-order valence-corrected chi connectivity index (χ4v) is 2.50. The number of alkyl halides is 3. The van der Waals surface area contributed by atoms with Crippen LogP contribution in [0.2, 0.25) is 0 Å². The van der Waals surface area contributed by atoms with E-state index < -0.39 is 12.8 Å². The van der Waals surface area contributed by atoms with Crippen molar-refractivity contribution in [2.24, 2.45) is 0 Å². The van der Waals surface area contributed by atoms with Gasteiger partial charge in [0.2, 0.25) is 5.91 Å². The molecule has 0 atom stereocenters. The number of nitrogens with zero attached hydrogens (tertiary/aromatic N) is 2. The molecule has 0 saturated carbocycles. The third kappa shape index (κ3) is 10.4. The summed E-state index contributed by atoms with van der Waals surface area (Å²) in [5.74, 6) is -0.0790. The molecule has 1 fully saturated rings. The van der Waals surface area contributed by atoms with Crippen LogP contribution < -0.4 is 10.6 Å². The Morgan fingerprint density at radius 2 is 1.77 bits per heavy atom. The molecule has 1 aliphatic rings. The van der Waals surface area contributed by atoms with E-state index in [1.165, 1.54) is 0 Å². The zero-order valence-corrected chi connectivity index (χ0v) is 15.2. The first-order valence-electron chi connectivity index (χ1n) is 8.98. The summed E-state index contributed by atoms with van der Waals surface area (Å²) < 4.78 is 40.4. The number of rotatable bonds is 10. The van der Waals surface area contributed by atoms with Gasteiger partial charge in [-0.15, -0.1) is 0 Å². The number of urea groups is 1. The van der Waals surface area contributed by atoms with Gasteiger partial charge in [-0.1, -0.05) is 6.92 Å². The lowest BCUT2D eigenvalue weighted by Gasteiger charge is -2.34. The second-order valence-electron chi connectivity index (χ2n) is 6.18. The summed E-state index contributed by atoms with van der Waals surface area (Å²) in [5, 5.41) is 5.47. The first kappa shape index (κ1) is 22.5. The highest BCUT2D eigenvalue weighted by Gasteiger charge is 2.27. The number of carbonyl (C=O) groups is 2. The van der Waals surface area contributed by atoms with Gasteiger partial charge in [-0.25, -0.2) is 4.79 Å². The van der Waals surface area contributed by atoms with Gasteiger partial charge in [0.1, 0.15) is 6.61 Å². The average molecular weight is 382 g/mol. The molecule has 0 unspecified atom stereocenters. The minimum atomic E-state index is -4.28. The van der Waals surface area contributed by atoms with E-state index >= 15 is 0 Å². The van der Waals surface area contributed by atoms with Crippen molar-refractivity contribution >= 4 is 11.9 Å². The highest BCUT2D eigenvalue weighted by Crippen LogP contribution is 2.14. The number of carbonyl (C=O) groups excluding carboxylic acids is 2. The van der Waals surface area contributed by atoms with E-state index in [0.717, 1.165) is 6.42 Å². The molecule has 1 saturated heterocycles. The van der Waals surface area contributed by atoms with Crippen molar-refractivity contribution in [3.63, 3.8) is 0 Å². The van der Waals surface area contributed by atoms with Crippen molar-refractivity contribution in [1.29, 1.82) is 0 Å². The van der Waals surface area contributed by atoms with Gasteiger partial charge < -0.3 is 20.3 Å². The predicted molar refractivity (Wildman–Crippen MR) is 90.8 cm³/mol. The Morgan fingerprint density at radius 1 is 1.08 bits per heavy atom. The molecule has 0 aromatic heterocycles.